The Morgan fingerprint density at radius 2 is 2.00 bits per heavy atom. The predicted molar refractivity (Wildman–Crippen MR) is 77.4 cm³/mol. The maximum absolute atomic E-state index is 11.5. The van der Waals surface area contributed by atoms with Crippen molar-refractivity contribution < 1.29 is 14.8 Å². The van der Waals surface area contributed by atoms with Crippen LogP contribution in [0.5, 0.6) is 0 Å². The Kier molecular flexibility index (Phi) is 2.96. The standard InChI is InChI=1S/C16H25NO4/c1-14(2,3)16-7-10-4-5-11(12(16)6-10)15(16,8-13(18)19)9-17(20)21/h10-12H,4-9H2,1-3H3,(H,18,19)/t10-,11+,12-,15-,16-/m1/s1. The molecule has 0 heterocycles. The third-order valence-electron chi connectivity index (χ3n) is 7.02. The van der Waals surface area contributed by atoms with Gasteiger partial charge >= 0.3 is 5.97 Å². The fourth-order valence-corrected chi connectivity index (χ4v) is 6.78. The molecule has 0 amide bonds. The van der Waals surface area contributed by atoms with Gasteiger partial charge in [-0.05, 0) is 47.8 Å². The summed E-state index contributed by atoms with van der Waals surface area (Å²) in [4.78, 5) is 22.6. The van der Waals surface area contributed by atoms with Gasteiger partial charge in [0.05, 0.1) is 11.8 Å². The summed E-state index contributed by atoms with van der Waals surface area (Å²) in [5, 5.41) is 20.8. The molecule has 0 unspecified atom stereocenters. The quantitative estimate of drug-likeness (QED) is 0.638. The van der Waals surface area contributed by atoms with E-state index in [-0.39, 0.29) is 34.6 Å². The molecule has 0 aromatic carbocycles. The molecular formula is C16H25NO4. The second kappa shape index (κ2) is 4.20. The molecule has 21 heavy (non-hydrogen) atoms. The van der Waals surface area contributed by atoms with Crippen LogP contribution in [-0.2, 0) is 4.79 Å². The first-order valence-corrected chi connectivity index (χ1v) is 7.98. The van der Waals surface area contributed by atoms with E-state index in [2.05, 4.69) is 20.8 Å². The summed E-state index contributed by atoms with van der Waals surface area (Å²) in [6.07, 6.45) is 4.20. The van der Waals surface area contributed by atoms with Crippen LogP contribution < -0.4 is 0 Å². The topological polar surface area (TPSA) is 80.4 Å². The summed E-state index contributed by atoms with van der Waals surface area (Å²) in [6.45, 7) is 6.28. The van der Waals surface area contributed by atoms with Crippen molar-refractivity contribution in [2.24, 2.45) is 34.0 Å². The van der Waals surface area contributed by atoms with Crippen molar-refractivity contribution in [3.63, 3.8) is 0 Å². The average Bonchev–Trinajstić information content (AvgIpc) is 2.48. The highest BCUT2D eigenvalue weighted by molar-refractivity contribution is 5.68. The number of hydrogen-bond donors (Lipinski definition) is 1. The molecule has 0 spiro atoms. The monoisotopic (exact) mass is 295 g/mol. The number of carboxylic acids is 1. The van der Waals surface area contributed by atoms with Crippen molar-refractivity contribution in [3.8, 4) is 0 Å². The smallest absolute Gasteiger partial charge is 0.304 e. The zero-order valence-electron chi connectivity index (χ0n) is 13.1. The summed E-state index contributed by atoms with van der Waals surface area (Å²) in [6, 6.07) is 0. The van der Waals surface area contributed by atoms with E-state index in [1.807, 2.05) is 0 Å². The van der Waals surface area contributed by atoms with E-state index in [4.69, 9.17) is 0 Å². The lowest BCUT2D eigenvalue weighted by Gasteiger charge is -2.70. The van der Waals surface area contributed by atoms with Crippen LogP contribution >= 0.6 is 0 Å². The molecule has 3 aliphatic carbocycles. The zero-order valence-corrected chi connectivity index (χ0v) is 13.1. The minimum atomic E-state index is -0.880. The highest BCUT2D eigenvalue weighted by Crippen LogP contribution is 2.82. The van der Waals surface area contributed by atoms with Crippen LogP contribution in [0.2, 0.25) is 0 Å². The first kappa shape index (κ1) is 14.8. The van der Waals surface area contributed by atoms with Crippen LogP contribution in [0, 0.1) is 44.1 Å². The van der Waals surface area contributed by atoms with Crippen LogP contribution in [0.1, 0.15) is 52.9 Å². The van der Waals surface area contributed by atoms with Gasteiger partial charge in [0.1, 0.15) is 0 Å². The lowest BCUT2D eigenvalue weighted by atomic mass is 9.32. The first-order valence-electron chi connectivity index (χ1n) is 7.98. The van der Waals surface area contributed by atoms with Crippen LogP contribution in [0.25, 0.3) is 0 Å². The van der Waals surface area contributed by atoms with Gasteiger partial charge in [-0.3, -0.25) is 14.9 Å². The van der Waals surface area contributed by atoms with Gasteiger partial charge in [0.15, 0.2) is 0 Å². The highest BCUT2D eigenvalue weighted by Gasteiger charge is 2.80. The molecule has 3 rings (SSSR count). The van der Waals surface area contributed by atoms with Crippen molar-refractivity contribution in [1.29, 1.82) is 0 Å². The van der Waals surface area contributed by atoms with Crippen molar-refractivity contribution in [3.05, 3.63) is 10.1 Å². The molecule has 3 saturated carbocycles. The van der Waals surface area contributed by atoms with E-state index >= 15 is 0 Å². The Bertz CT molecular complexity index is 479. The number of rotatable bonds is 4. The summed E-state index contributed by atoms with van der Waals surface area (Å²) in [5.74, 6) is 0.495. The molecule has 5 atom stereocenters. The van der Waals surface area contributed by atoms with Gasteiger partial charge in [-0.25, -0.2) is 0 Å². The number of nitro groups is 1. The fourth-order valence-electron chi connectivity index (χ4n) is 6.78. The number of fused-ring (bicyclic) bond motifs is 1. The number of aliphatic carboxylic acids is 1. The number of hydrogen-bond acceptors (Lipinski definition) is 3. The number of carbonyl (C=O) groups is 1. The Morgan fingerprint density at radius 3 is 2.52 bits per heavy atom. The normalized spacial score (nSPS) is 44.2. The minimum absolute atomic E-state index is 0.0425. The summed E-state index contributed by atoms with van der Waals surface area (Å²) >= 11 is 0. The van der Waals surface area contributed by atoms with E-state index in [0.29, 0.717) is 11.8 Å². The van der Waals surface area contributed by atoms with E-state index in [9.17, 15) is 20.0 Å². The molecule has 3 aliphatic rings. The molecule has 0 aromatic rings. The number of carboxylic acid groups (broad SMARTS) is 1. The van der Waals surface area contributed by atoms with E-state index < -0.39 is 11.4 Å². The third-order valence-corrected chi connectivity index (χ3v) is 7.02. The highest BCUT2D eigenvalue weighted by atomic mass is 16.6. The van der Waals surface area contributed by atoms with Crippen molar-refractivity contribution in [2.75, 3.05) is 6.54 Å². The SMILES string of the molecule is CC(C)(C)[C@@]12C[C@@H]3CC[C@@H]([C@H]1C3)[C@@]2(CC(=O)O)C[N+](=O)[O-]. The molecule has 0 saturated heterocycles. The molecule has 1 N–H and O–H groups in total. The van der Waals surface area contributed by atoms with E-state index in [1.165, 1.54) is 0 Å². The van der Waals surface area contributed by atoms with Gasteiger partial charge in [0, 0.05) is 4.92 Å². The van der Waals surface area contributed by atoms with Gasteiger partial charge in [-0.1, -0.05) is 27.2 Å². The lowest BCUT2D eigenvalue weighted by Crippen LogP contribution is -2.70. The molecule has 0 aromatic heterocycles. The van der Waals surface area contributed by atoms with E-state index in [1.54, 1.807) is 0 Å². The van der Waals surface area contributed by atoms with Crippen LogP contribution in [0.15, 0.2) is 0 Å². The van der Waals surface area contributed by atoms with Crippen molar-refractivity contribution in [1.82, 2.24) is 0 Å². The van der Waals surface area contributed by atoms with Gasteiger partial charge in [0.2, 0.25) is 6.54 Å². The third kappa shape index (κ3) is 1.66. The second-order valence-electron chi connectivity index (χ2n) is 8.54. The van der Waals surface area contributed by atoms with Crippen LogP contribution in [-0.4, -0.2) is 22.5 Å². The van der Waals surface area contributed by atoms with Crippen LogP contribution in [0.4, 0.5) is 0 Å². The largest absolute Gasteiger partial charge is 0.481 e. The van der Waals surface area contributed by atoms with Gasteiger partial charge in [0.25, 0.3) is 0 Å². The Hall–Kier alpha value is -1.13. The molecule has 118 valence electrons. The second-order valence-corrected chi connectivity index (χ2v) is 8.54. The Labute approximate surface area is 125 Å². The lowest BCUT2D eigenvalue weighted by molar-refractivity contribution is -0.522. The van der Waals surface area contributed by atoms with E-state index in [0.717, 1.165) is 25.7 Å². The Morgan fingerprint density at radius 1 is 1.33 bits per heavy atom. The maximum atomic E-state index is 11.5. The fraction of sp³-hybridized carbons (Fsp3) is 0.938. The van der Waals surface area contributed by atoms with Crippen molar-refractivity contribution in [2.45, 2.75) is 52.9 Å². The van der Waals surface area contributed by atoms with Crippen LogP contribution in [0.3, 0.4) is 0 Å². The number of nitrogens with zero attached hydrogens (tertiary/aromatic N) is 1. The van der Waals surface area contributed by atoms with Gasteiger partial charge in [-0.2, -0.15) is 0 Å². The summed E-state index contributed by atoms with van der Waals surface area (Å²) in [7, 11) is 0. The minimum Gasteiger partial charge on any atom is -0.481 e. The average molecular weight is 295 g/mol. The molecule has 5 heteroatoms. The van der Waals surface area contributed by atoms with Gasteiger partial charge < -0.3 is 5.11 Å². The summed E-state index contributed by atoms with van der Waals surface area (Å²) < 4.78 is 0. The molecule has 0 aliphatic heterocycles. The molecule has 2 bridgehead atoms. The van der Waals surface area contributed by atoms with Gasteiger partial charge in [-0.15, -0.1) is 0 Å². The molecule has 0 radical (unpaired) electrons. The molecule has 5 nitrogen and oxygen atoms in total. The zero-order chi connectivity index (χ0) is 15.6. The Balaban J connectivity index is 2.12. The summed E-state index contributed by atoms with van der Waals surface area (Å²) in [5.41, 5.74) is -0.896. The maximum Gasteiger partial charge on any atom is 0.304 e. The first-order chi connectivity index (χ1) is 9.64. The molecular weight excluding hydrogens is 270 g/mol. The predicted octanol–water partition coefficient (Wildman–Crippen LogP) is 3.21. The van der Waals surface area contributed by atoms with Crippen molar-refractivity contribution >= 4 is 5.97 Å². The molecule has 3 fully saturated rings.